The number of aryl methyl sites for hydroxylation is 2. The van der Waals surface area contributed by atoms with E-state index in [0.717, 1.165) is 23.1 Å². The van der Waals surface area contributed by atoms with Crippen LogP contribution in [0.1, 0.15) is 30.2 Å². The van der Waals surface area contributed by atoms with E-state index in [1.54, 1.807) is 18.3 Å². The highest BCUT2D eigenvalue weighted by molar-refractivity contribution is 7.19. The lowest BCUT2D eigenvalue weighted by Crippen LogP contribution is -2.38. The third kappa shape index (κ3) is 2.16. The summed E-state index contributed by atoms with van der Waals surface area (Å²) in [6, 6.07) is -0.766. The number of thiophene rings is 1. The molecule has 0 bridgehead atoms. The van der Waals surface area contributed by atoms with Gasteiger partial charge in [0.05, 0.1) is 17.4 Å². The Morgan fingerprint density at radius 2 is 2.21 bits per heavy atom. The van der Waals surface area contributed by atoms with E-state index in [4.69, 9.17) is 0 Å². The lowest BCUT2D eigenvalue weighted by molar-refractivity contribution is -0.306. The first-order valence-corrected chi connectivity index (χ1v) is 7.21. The molecule has 0 aromatic carbocycles. The summed E-state index contributed by atoms with van der Waals surface area (Å²) in [4.78, 5) is 21.7. The van der Waals surface area contributed by atoms with Crippen molar-refractivity contribution in [2.45, 2.75) is 38.6 Å². The lowest BCUT2D eigenvalue weighted by atomic mass is 9.97. The number of carbonyl (C=O) groups excluding carboxylic acids is 1. The number of hydrogen-bond acceptors (Lipinski definition) is 6. The maximum absolute atomic E-state index is 10.9. The first-order chi connectivity index (χ1) is 9.16. The minimum atomic E-state index is -1.13. The molecule has 5 nitrogen and oxygen atoms in total. The topological polar surface area (TPSA) is 77.9 Å². The third-order valence-corrected chi connectivity index (χ3v) is 4.66. The van der Waals surface area contributed by atoms with E-state index >= 15 is 0 Å². The maximum Gasteiger partial charge on any atom is 0.138 e. The molecule has 0 amide bonds. The molecular formula is C13H14N3O2S-. The molecule has 1 aliphatic carbocycles. The van der Waals surface area contributed by atoms with Crippen molar-refractivity contribution in [3.63, 3.8) is 0 Å². The van der Waals surface area contributed by atoms with E-state index in [1.807, 2.05) is 0 Å². The zero-order valence-corrected chi connectivity index (χ0v) is 11.4. The van der Waals surface area contributed by atoms with Gasteiger partial charge in [-0.05, 0) is 38.2 Å². The molecule has 0 fully saturated rings. The van der Waals surface area contributed by atoms with Gasteiger partial charge >= 0.3 is 0 Å². The van der Waals surface area contributed by atoms with Gasteiger partial charge in [0.1, 0.15) is 17.0 Å². The predicted octanol–water partition coefficient (Wildman–Crippen LogP) is 1.12. The summed E-state index contributed by atoms with van der Waals surface area (Å²) >= 11 is 1.70. The SMILES string of the molecule is C[C@H](Nc1ncnc2sc3c(c12)CCCC3)C(=O)[O-]. The maximum atomic E-state index is 10.9. The van der Waals surface area contributed by atoms with Crippen LogP contribution in [-0.2, 0) is 17.6 Å². The summed E-state index contributed by atoms with van der Waals surface area (Å²) in [6.07, 6.45) is 5.98. The predicted molar refractivity (Wildman–Crippen MR) is 72.1 cm³/mol. The smallest absolute Gasteiger partial charge is 0.138 e. The van der Waals surface area contributed by atoms with Crippen LogP contribution in [-0.4, -0.2) is 22.0 Å². The number of fused-ring (bicyclic) bond motifs is 3. The number of anilines is 1. The fourth-order valence-electron chi connectivity index (χ4n) is 2.46. The summed E-state index contributed by atoms with van der Waals surface area (Å²) in [6.45, 7) is 1.56. The fourth-order valence-corrected chi connectivity index (χ4v) is 3.69. The summed E-state index contributed by atoms with van der Waals surface area (Å²) in [5, 5.41) is 14.8. The standard InChI is InChI=1S/C13H15N3O2S/c1-7(13(17)18)16-11-10-8-4-2-3-5-9(8)19-12(10)15-6-14-11/h6-7H,2-5H2,1H3,(H,17,18)(H,14,15,16)/p-1/t7-/m0/s1. The van der Waals surface area contributed by atoms with Crippen molar-refractivity contribution in [2.24, 2.45) is 0 Å². The van der Waals surface area contributed by atoms with Crippen LogP contribution in [0, 0.1) is 0 Å². The van der Waals surface area contributed by atoms with Crippen molar-refractivity contribution in [1.82, 2.24) is 9.97 Å². The molecule has 6 heteroatoms. The number of aliphatic carboxylic acids is 1. The van der Waals surface area contributed by atoms with Gasteiger partial charge in [-0.2, -0.15) is 0 Å². The Balaban J connectivity index is 2.09. The molecule has 1 N–H and O–H groups in total. The minimum Gasteiger partial charge on any atom is -0.548 e. The molecule has 0 aliphatic heterocycles. The number of nitrogens with zero attached hydrogens (tertiary/aromatic N) is 2. The number of rotatable bonds is 3. The summed E-state index contributed by atoms with van der Waals surface area (Å²) in [5.41, 5.74) is 1.29. The third-order valence-electron chi connectivity index (χ3n) is 3.46. The van der Waals surface area contributed by atoms with Crippen LogP contribution in [0.3, 0.4) is 0 Å². The summed E-state index contributed by atoms with van der Waals surface area (Å²) < 4.78 is 0. The van der Waals surface area contributed by atoms with Gasteiger partial charge in [0.2, 0.25) is 0 Å². The number of carboxylic acids is 1. The van der Waals surface area contributed by atoms with Crippen molar-refractivity contribution in [2.75, 3.05) is 5.32 Å². The molecule has 2 aromatic rings. The van der Waals surface area contributed by atoms with E-state index in [-0.39, 0.29) is 0 Å². The molecule has 3 rings (SSSR count). The molecule has 1 aliphatic rings. The van der Waals surface area contributed by atoms with E-state index < -0.39 is 12.0 Å². The van der Waals surface area contributed by atoms with Gasteiger partial charge in [0.15, 0.2) is 0 Å². The summed E-state index contributed by atoms with van der Waals surface area (Å²) in [5.74, 6) is -0.517. The molecule has 2 aromatic heterocycles. The normalized spacial score (nSPS) is 16.1. The Hall–Kier alpha value is -1.69. The van der Waals surface area contributed by atoms with Crippen molar-refractivity contribution < 1.29 is 9.90 Å². The molecule has 2 heterocycles. The van der Waals surface area contributed by atoms with E-state index in [9.17, 15) is 9.90 Å². The highest BCUT2D eigenvalue weighted by atomic mass is 32.1. The monoisotopic (exact) mass is 276 g/mol. The Bertz CT molecular complexity index is 638. The van der Waals surface area contributed by atoms with Crippen LogP contribution >= 0.6 is 11.3 Å². The highest BCUT2D eigenvalue weighted by Crippen LogP contribution is 2.38. The van der Waals surface area contributed by atoms with Crippen molar-refractivity contribution in [1.29, 1.82) is 0 Å². The molecule has 0 spiro atoms. The van der Waals surface area contributed by atoms with Crippen LogP contribution in [0.2, 0.25) is 0 Å². The first-order valence-electron chi connectivity index (χ1n) is 6.39. The molecule has 19 heavy (non-hydrogen) atoms. The van der Waals surface area contributed by atoms with Gasteiger partial charge in [-0.25, -0.2) is 9.97 Å². The van der Waals surface area contributed by atoms with E-state index in [2.05, 4.69) is 15.3 Å². The minimum absolute atomic E-state index is 0.612. The molecule has 1 atom stereocenters. The Labute approximate surface area is 114 Å². The highest BCUT2D eigenvalue weighted by Gasteiger charge is 2.20. The molecule has 0 saturated carbocycles. The van der Waals surface area contributed by atoms with Crippen LogP contribution in [0.25, 0.3) is 10.2 Å². The number of carboxylic acid groups (broad SMARTS) is 1. The number of nitrogens with one attached hydrogen (secondary N) is 1. The second-order valence-corrected chi connectivity index (χ2v) is 5.88. The van der Waals surface area contributed by atoms with Gasteiger partial charge in [-0.15, -0.1) is 11.3 Å². The average Bonchev–Trinajstić information content (AvgIpc) is 2.77. The molecule has 100 valence electrons. The second-order valence-electron chi connectivity index (χ2n) is 4.80. The lowest BCUT2D eigenvalue weighted by Gasteiger charge is -2.17. The summed E-state index contributed by atoms with van der Waals surface area (Å²) in [7, 11) is 0. The van der Waals surface area contributed by atoms with Gasteiger partial charge in [0.25, 0.3) is 0 Å². The van der Waals surface area contributed by atoms with Crippen molar-refractivity contribution >= 4 is 33.3 Å². The Morgan fingerprint density at radius 1 is 1.42 bits per heavy atom. The Morgan fingerprint density at radius 3 is 3.00 bits per heavy atom. The largest absolute Gasteiger partial charge is 0.548 e. The van der Waals surface area contributed by atoms with Crippen molar-refractivity contribution in [3.05, 3.63) is 16.8 Å². The molecular weight excluding hydrogens is 262 g/mol. The molecule has 0 unspecified atom stereocenters. The van der Waals surface area contributed by atoms with Crippen LogP contribution in [0.4, 0.5) is 5.82 Å². The van der Waals surface area contributed by atoms with E-state index in [0.29, 0.717) is 5.82 Å². The molecule has 0 radical (unpaired) electrons. The number of aromatic nitrogens is 2. The van der Waals surface area contributed by atoms with Crippen LogP contribution in [0.5, 0.6) is 0 Å². The van der Waals surface area contributed by atoms with Crippen LogP contribution in [0.15, 0.2) is 6.33 Å². The van der Waals surface area contributed by atoms with Gasteiger partial charge < -0.3 is 15.2 Å². The van der Waals surface area contributed by atoms with Crippen LogP contribution < -0.4 is 10.4 Å². The van der Waals surface area contributed by atoms with Gasteiger partial charge in [0, 0.05) is 4.88 Å². The first kappa shape index (κ1) is 12.3. The number of hydrogen-bond donors (Lipinski definition) is 1. The zero-order chi connectivity index (χ0) is 13.4. The Kier molecular flexibility index (Phi) is 3.10. The van der Waals surface area contributed by atoms with Gasteiger partial charge in [-0.1, -0.05) is 0 Å². The second kappa shape index (κ2) is 4.77. The fraction of sp³-hybridized carbons (Fsp3) is 0.462. The molecule has 0 saturated heterocycles. The quantitative estimate of drug-likeness (QED) is 0.909. The van der Waals surface area contributed by atoms with Crippen molar-refractivity contribution in [3.8, 4) is 0 Å². The van der Waals surface area contributed by atoms with E-state index in [1.165, 1.54) is 29.6 Å². The zero-order valence-electron chi connectivity index (χ0n) is 10.6. The number of carbonyl (C=O) groups is 1. The average molecular weight is 276 g/mol. The van der Waals surface area contributed by atoms with Gasteiger partial charge in [-0.3, -0.25) is 0 Å².